The molecule has 0 fully saturated rings. The van der Waals surface area contributed by atoms with Crippen LogP contribution in [0.3, 0.4) is 0 Å². The lowest BCUT2D eigenvalue weighted by molar-refractivity contribution is -0.189. The molecule has 1 aromatic heterocycles. The summed E-state index contributed by atoms with van der Waals surface area (Å²) in [7, 11) is 1.37. The van der Waals surface area contributed by atoms with Crippen molar-refractivity contribution >= 4 is 0 Å². The van der Waals surface area contributed by atoms with Crippen LogP contribution in [0.25, 0.3) is 0 Å². The van der Waals surface area contributed by atoms with Gasteiger partial charge in [-0.05, 0) is 13.0 Å². The molecule has 1 aromatic rings. The minimum atomic E-state index is -4.38. The number of methoxy groups -OCH3 is 1. The Morgan fingerprint density at radius 1 is 1.40 bits per heavy atom. The van der Waals surface area contributed by atoms with Crippen molar-refractivity contribution in [2.45, 2.75) is 19.2 Å². The van der Waals surface area contributed by atoms with Gasteiger partial charge in [-0.25, -0.2) is 4.98 Å². The van der Waals surface area contributed by atoms with Crippen molar-refractivity contribution in [1.29, 1.82) is 0 Å². The highest BCUT2D eigenvalue weighted by atomic mass is 19.4. The van der Waals surface area contributed by atoms with E-state index in [1.807, 2.05) is 0 Å². The molecule has 0 bridgehead atoms. The molecule has 0 aliphatic carbocycles. The smallest absolute Gasteiger partial charge is 0.425 e. The van der Waals surface area contributed by atoms with Crippen LogP contribution in [-0.2, 0) is 0 Å². The zero-order valence-electron chi connectivity index (χ0n) is 8.21. The van der Waals surface area contributed by atoms with Crippen molar-refractivity contribution in [2.24, 2.45) is 0 Å². The van der Waals surface area contributed by atoms with E-state index in [-0.39, 0.29) is 11.6 Å². The topological polar surface area (TPSA) is 31.4 Å². The van der Waals surface area contributed by atoms with Gasteiger partial charge in [-0.3, -0.25) is 0 Å². The van der Waals surface area contributed by atoms with E-state index in [0.717, 1.165) is 6.92 Å². The Balaban J connectivity index is 2.72. The quantitative estimate of drug-likeness (QED) is 0.785. The predicted octanol–water partition coefficient (Wildman–Crippen LogP) is 2.42. The monoisotopic (exact) mass is 221 g/mol. The summed E-state index contributed by atoms with van der Waals surface area (Å²) in [6.07, 6.45) is -4.92. The van der Waals surface area contributed by atoms with Crippen LogP contribution < -0.4 is 9.47 Å². The third-order valence-corrected chi connectivity index (χ3v) is 1.69. The molecule has 1 heterocycles. The second kappa shape index (κ2) is 4.37. The minimum absolute atomic E-state index is 0.0756. The minimum Gasteiger partial charge on any atom is -0.481 e. The van der Waals surface area contributed by atoms with E-state index in [1.165, 1.54) is 25.4 Å². The molecule has 0 spiro atoms. The Morgan fingerprint density at radius 3 is 2.60 bits per heavy atom. The second-order valence-corrected chi connectivity index (χ2v) is 2.84. The van der Waals surface area contributed by atoms with Gasteiger partial charge in [0.15, 0.2) is 6.10 Å². The fourth-order valence-electron chi connectivity index (χ4n) is 0.847. The van der Waals surface area contributed by atoms with Crippen LogP contribution in [0.2, 0.25) is 0 Å². The Hall–Kier alpha value is -1.46. The van der Waals surface area contributed by atoms with Gasteiger partial charge < -0.3 is 9.47 Å². The number of hydrogen-bond donors (Lipinski definition) is 0. The van der Waals surface area contributed by atoms with Crippen molar-refractivity contribution in [3.63, 3.8) is 0 Å². The number of ether oxygens (including phenoxy) is 2. The van der Waals surface area contributed by atoms with Crippen molar-refractivity contribution in [3.05, 3.63) is 18.3 Å². The Labute approximate surface area is 84.8 Å². The molecule has 0 saturated carbocycles. The molecule has 84 valence electrons. The van der Waals surface area contributed by atoms with Crippen molar-refractivity contribution in [3.8, 4) is 11.6 Å². The van der Waals surface area contributed by atoms with Crippen molar-refractivity contribution in [2.75, 3.05) is 7.11 Å². The van der Waals surface area contributed by atoms with E-state index in [9.17, 15) is 13.2 Å². The average Bonchev–Trinajstić information content (AvgIpc) is 2.16. The summed E-state index contributed by atoms with van der Waals surface area (Å²) in [4.78, 5) is 3.74. The second-order valence-electron chi connectivity index (χ2n) is 2.84. The molecule has 6 heteroatoms. The zero-order chi connectivity index (χ0) is 11.5. The Bertz CT molecular complexity index is 327. The lowest BCUT2D eigenvalue weighted by Gasteiger charge is -2.17. The first-order valence-corrected chi connectivity index (χ1v) is 4.17. The normalized spacial score (nSPS) is 13.4. The number of aromatic nitrogens is 1. The molecule has 0 aromatic carbocycles. The van der Waals surface area contributed by atoms with E-state index < -0.39 is 12.3 Å². The number of rotatable bonds is 3. The summed E-state index contributed by atoms with van der Waals surface area (Å²) in [5.41, 5.74) is 0. The molecule has 15 heavy (non-hydrogen) atoms. The average molecular weight is 221 g/mol. The fraction of sp³-hybridized carbons (Fsp3) is 0.444. The molecule has 0 N–H and O–H groups in total. The number of pyridine rings is 1. The van der Waals surface area contributed by atoms with Crippen LogP contribution in [0.5, 0.6) is 11.6 Å². The molecular formula is C9H10F3NO2. The van der Waals surface area contributed by atoms with Crippen LogP contribution in [0, 0.1) is 0 Å². The molecular weight excluding hydrogens is 211 g/mol. The summed E-state index contributed by atoms with van der Waals surface area (Å²) in [6.45, 7) is 0.937. The lowest BCUT2D eigenvalue weighted by Crippen LogP contribution is -2.31. The Morgan fingerprint density at radius 2 is 2.07 bits per heavy atom. The summed E-state index contributed by atoms with van der Waals surface area (Å²) in [5, 5.41) is 0. The summed E-state index contributed by atoms with van der Waals surface area (Å²) < 4.78 is 45.9. The number of halogens is 3. The van der Waals surface area contributed by atoms with Gasteiger partial charge in [-0.2, -0.15) is 13.2 Å². The highest BCUT2D eigenvalue weighted by Gasteiger charge is 2.38. The van der Waals surface area contributed by atoms with E-state index in [0.29, 0.717) is 0 Å². The first kappa shape index (κ1) is 11.6. The van der Waals surface area contributed by atoms with Crippen LogP contribution in [-0.4, -0.2) is 24.4 Å². The van der Waals surface area contributed by atoms with Crippen LogP contribution in [0.4, 0.5) is 13.2 Å². The first-order valence-electron chi connectivity index (χ1n) is 4.17. The standard InChI is InChI=1S/C9H10F3NO2/c1-6(9(10,11)12)15-7-3-4-13-8(5-7)14-2/h3-6H,1-2H3/t6-/m1/s1. The van der Waals surface area contributed by atoms with E-state index in [1.54, 1.807) is 0 Å². The number of hydrogen-bond acceptors (Lipinski definition) is 3. The zero-order valence-corrected chi connectivity index (χ0v) is 8.21. The van der Waals surface area contributed by atoms with E-state index >= 15 is 0 Å². The first-order chi connectivity index (χ1) is 6.93. The molecule has 1 atom stereocenters. The van der Waals surface area contributed by atoms with Crippen LogP contribution in [0.15, 0.2) is 18.3 Å². The number of nitrogens with zero attached hydrogens (tertiary/aromatic N) is 1. The Kier molecular flexibility index (Phi) is 3.39. The highest BCUT2D eigenvalue weighted by molar-refractivity contribution is 5.26. The van der Waals surface area contributed by atoms with Crippen molar-refractivity contribution < 1.29 is 22.6 Å². The summed E-state index contributed by atoms with van der Waals surface area (Å²) in [6, 6.07) is 2.63. The van der Waals surface area contributed by atoms with Gasteiger partial charge in [-0.15, -0.1) is 0 Å². The van der Waals surface area contributed by atoms with E-state index in [4.69, 9.17) is 4.74 Å². The van der Waals surface area contributed by atoms with E-state index in [2.05, 4.69) is 9.72 Å². The number of alkyl halides is 3. The van der Waals surface area contributed by atoms with Gasteiger partial charge >= 0.3 is 6.18 Å². The molecule has 0 amide bonds. The van der Waals surface area contributed by atoms with Gasteiger partial charge in [0.1, 0.15) is 5.75 Å². The summed E-state index contributed by atoms with van der Waals surface area (Å²) in [5.74, 6) is 0.286. The SMILES string of the molecule is COc1cc(O[C@H](C)C(F)(F)F)ccn1. The van der Waals surface area contributed by atoms with Crippen LogP contribution >= 0.6 is 0 Å². The summed E-state index contributed by atoms with van der Waals surface area (Å²) >= 11 is 0. The molecule has 0 radical (unpaired) electrons. The highest BCUT2D eigenvalue weighted by Crippen LogP contribution is 2.25. The molecule has 1 rings (SSSR count). The maximum Gasteiger partial charge on any atom is 0.425 e. The largest absolute Gasteiger partial charge is 0.481 e. The molecule has 0 saturated heterocycles. The predicted molar refractivity (Wildman–Crippen MR) is 46.9 cm³/mol. The molecule has 0 aliphatic heterocycles. The molecule has 0 aliphatic rings. The van der Waals surface area contributed by atoms with Gasteiger partial charge in [0, 0.05) is 12.3 Å². The maximum atomic E-state index is 12.1. The lowest BCUT2D eigenvalue weighted by atomic mass is 10.4. The van der Waals surface area contributed by atoms with Gasteiger partial charge in [0.2, 0.25) is 5.88 Å². The molecule has 3 nitrogen and oxygen atoms in total. The van der Waals surface area contributed by atoms with Gasteiger partial charge in [-0.1, -0.05) is 0 Å². The van der Waals surface area contributed by atoms with Gasteiger partial charge in [0.25, 0.3) is 0 Å². The van der Waals surface area contributed by atoms with Gasteiger partial charge in [0.05, 0.1) is 7.11 Å². The molecule has 0 unspecified atom stereocenters. The maximum absolute atomic E-state index is 12.1. The third-order valence-electron chi connectivity index (χ3n) is 1.69. The fourth-order valence-corrected chi connectivity index (χ4v) is 0.847. The van der Waals surface area contributed by atoms with Crippen LogP contribution in [0.1, 0.15) is 6.92 Å². The third kappa shape index (κ3) is 3.30. The van der Waals surface area contributed by atoms with Crippen molar-refractivity contribution in [1.82, 2.24) is 4.98 Å².